The number of nitrogen functional groups attached to an aromatic ring is 1. The molecule has 0 amide bonds. The van der Waals surface area contributed by atoms with Crippen LogP contribution in [0.5, 0.6) is 5.75 Å². The van der Waals surface area contributed by atoms with Gasteiger partial charge in [-0.15, -0.1) is 0 Å². The fourth-order valence-electron chi connectivity index (χ4n) is 1.46. The summed E-state index contributed by atoms with van der Waals surface area (Å²) >= 11 is 3.27. The molecule has 18 heavy (non-hydrogen) atoms. The van der Waals surface area contributed by atoms with Crippen LogP contribution in [0, 0.1) is 0 Å². The summed E-state index contributed by atoms with van der Waals surface area (Å²) in [5.41, 5.74) is 6.46. The zero-order chi connectivity index (χ0) is 13.0. The van der Waals surface area contributed by atoms with Crippen LogP contribution in [0.1, 0.15) is 6.92 Å². The highest BCUT2D eigenvalue weighted by Crippen LogP contribution is 2.26. The molecular weight excluding hydrogens is 296 g/mol. The van der Waals surface area contributed by atoms with Crippen LogP contribution in [0.15, 0.2) is 34.9 Å². The van der Waals surface area contributed by atoms with Gasteiger partial charge in [-0.1, -0.05) is 12.1 Å². The minimum Gasteiger partial charge on any atom is -0.492 e. The number of ether oxygens (including phenoxy) is 1. The van der Waals surface area contributed by atoms with E-state index in [0.29, 0.717) is 23.0 Å². The molecule has 0 radical (unpaired) electrons. The maximum Gasteiger partial charge on any atom is 0.230 e. The zero-order valence-electron chi connectivity index (χ0n) is 9.85. The second-order valence-corrected chi connectivity index (χ2v) is 4.31. The number of nitrogens with one attached hydrogen (secondary N) is 1. The summed E-state index contributed by atoms with van der Waals surface area (Å²) < 4.78 is 6.14. The van der Waals surface area contributed by atoms with Gasteiger partial charge in [0.25, 0.3) is 0 Å². The third kappa shape index (κ3) is 3.10. The Morgan fingerprint density at radius 3 is 2.83 bits per heavy atom. The molecule has 0 saturated carbocycles. The van der Waals surface area contributed by atoms with Crippen LogP contribution in [0.4, 0.5) is 17.5 Å². The lowest BCUT2D eigenvalue weighted by Crippen LogP contribution is -2.02. The molecule has 0 aliphatic heterocycles. The summed E-state index contributed by atoms with van der Waals surface area (Å²) in [5, 5.41) is 3.08. The van der Waals surface area contributed by atoms with E-state index in [-0.39, 0.29) is 0 Å². The number of para-hydroxylation sites is 2. The standard InChI is InChI=1S/C12H13BrN4O/c1-2-18-9-6-4-3-5-8(9)15-12-16-10(13)7-11(14)17-12/h3-7H,2H2,1H3,(H3,14,15,16,17). The van der Waals surface area contributed by atoms with Crippen molar-refractivity contribution >= 4 is 33.4 Å². The SMILES string of the molecule is CCOc1ccccc1Nc1nc(N)cc(Br)n1. The van der Waals surface area contributed by atoms with E-state index < -0.39 is 0 Å². The molecule has 0 unspecified atom stereocenters. The number of nitrogens with zero attached hydrogens (tertiary/aromatic N) is 2. The highest BCUT2D eigenvalue weighted by molar-refractivity contribution is 9.10. The lowest BCUT2D eigenvalue weighted by atomic mass is 10.3. The largest absolute Gasteiger partial charge is 0.492 e. The van der Waals surface area contributed by atoms with E-state index in [9.17, 15) is 0 Å². The molecule has 0 atom stereocenters. The van der Waals surface area contributed by atoms with Crippen molar-refractivity contribution in [2.45, 2.75) is 6.92 Å². The van der Waals surface area contributed by atoms with Gasteiger partial charge in [0.1, 0.15) is 16.2 Å². The Labute approximate surface area is 114 Å². The Morgan fingerprint density at radius 1 is 1.33 bits per heavy atom. The summed E-state index contributed by atoms with van der Waals surface area (Å²) in [6.07, 6.45) is 0. The van der Waals surface area contributed by atoms with Crippen molar-refractivity contribution < 1.29 is 4.74 Å². The Hall–Kier alpha value is -1.82. The molecule has 0 saturated heterocycles. The van der Waals surface area contributed by atoms with Crippen LogP contribution in [0.2, 0.25) is 0 Å². The van der Waals surface area contributed by atoms with Crippen molar-refractivity contribution in [3.8, 4) is 5.75 Å². The first-order chi connectivity index (χ1) is 8.69. The molecule has 5 nitrogen and oxygen atoms in total. The maximum absolute atomic E-state index is 5.66. The van der Waals surface area contributed by atoms with Gasteiger partial charge in [-0.2, -0.15) is 4.98 Å². The van der Waals surface area contributed by atoms with Gasteiger partial charge >= 0.3 is 0 Å². The van der Waals surface area contributed by atoms with Gasteiger partial charge in [0.05, 0.1) is 12.3 Å². The molecular formula is C12H13BrN4O. The zero-order valence-corrected chi connectivity index (χ0v) is 11.4. The van der Waals surface area contributed by atoms with E-state index >= 15 is 0 Å². The van der Waals surface area contributed by atoms with E-state index in [4.69, 9.17) is 10.5 Å². The van der Waals surface area contributed by atoms with E-state index in [1.165, 1.54) is 0 Å². The van der Waals surface area contributed by atoms with Crippen molar-refractivity contribution in [3.63, 3.8) is 0 Å². The summed E-state index contributed by atoms with van der Waals surface area (Å²) in [6.45, 7) is 2.53. The monoisotopic (exact) mass is 308 g/mol. The normalized spacial score (nSPS) is 10.1. The number of hydrogen-bond donors (Lipinski definition) is 2. The lowest BCUT2D eigenvalue weighted by Gasteiger charge is -2.11. The summed E-state index contributed by atoms with van der Waals surface area (Å²) in [7, 11) is 0. The van der Waals surface area contributed by atoms with Crippen molar-refractivity contribution in [2.75, 3.05) is 17.7 Å². The molecule has 0 aliphatic rings. The van der Waals surface area contributed by atoms with Gasteiger partial charge in [-0.25, -0.2) is 4.98 Å². The topological polar surface area (TPSA) is 73.1 Å². The molecule has 94 valence electrons. The minimum atomic E-state index is 0.397. The number of aromatic nitrogens is 2. The van der Waals surface area contributed by atoms with Crippen molar-refractivity contribution in [1.82, 2.24) is 9.97 Å². The van der Waals surface area contributed by atoms with Crippen molar-refractivity contribution in [1.29, 1.82) is 0 Å². The lowest BCUT2D eigenvalue weighted by molar-refractivity contribution is 0.342. The number of nitrogens with two attached hydrogens (primary N) is 1. The smallest absolute Gasteiger partial charge is 0.230 e. The van der Waals surface area contributed by atoms with Crippen LogP contribution in [-0.4, -0.2) is 16.6 Å². The predicted octanol–water partition coefficient (Wildman–Crippen LogP) is 2.96. The van der Waals surface area contributed by atoms with Crippen molar-refractivity contribution in [3.05, 3.63) is 34.9 Å². The molecule has 2 aromatic rings. The van der Waals surface area contributed by atoms with Crippen LogP contribution in [0.3, 0.4) is 0 Å². The number of hydrogen-bond acceptors (Lipinski definition) is 5. The molecule has 3 N–H and O–H groups in total. The Kier molecular flexibility index (Phi) is 3.99. The van der Waals surface area contributed by atoms with Gasteiger partial charge in [-0.05, 0) is 35.0 Å². The fraction of sp³-hybridized carbons (Fsp3) is 0.167. The molecule has 6 heteroatoms. The highest BCUT2D eigenvalue weighted by Gasteiger charge is 2.05. The maximum atomic E-state index is 5.66. The van der Waals surface area contributed by atoms with Crippen LogP contribution in [-0.2, 0) is 0 Å². The molecule has 0 fully saturated rings. The molecule has 0 bridgehead atoms. The van der Waals surface area contributed by atoms with Gasteiger partial charge < -0.3 is 15.8 Å². The van der Waals surface area contributed by atoms with Crippen LogP contribution >= 0.6 is 15.9 Å². The third-order valence-electron chi connectivity index (χ3n) is 2.15. The van der Waals surface area contributed by atoms with E-state index in [2.05, 4.69) is 31.2 Å². The molecule has 1 aromatic heterocycles. The van der Waals surface area contributed by atoms with Crippen LogP contribution < -0.4 is 15.8 Å². The number of anilines is 3. The second-order valence-electron chi connectivity index (χ2n) is 3.49. The van der Waals surface area contributed by atoms with E-state index in [0.717, 1.165) is 11.4 Å². The highest BCUT2D eigenvalue weighted by atomic mass is 79.9. The number of rotatable bonds is 4. The fourth-order valence-corrected chi connectivity index (χ4v) is 1.87. The third-order valence-corrected chi connectivity index (χ3v) is 2.55. The second kappa shape index (κ2) is 5.68. The summed E-state index contributed by atoms with van der Waals surface area (Å²) in [6, 6.07) is 9.23. The first-order valence-electron chi connectivity index (χ1n) is 5.48. The first kappa shape index (κ1) is 12.6. The molecule has 1 heterocycles. The summed E-state index contributed by atoms with van der Waals surface area (Å²) in [4.78, 5) is 8.29. The van der Waals surface area contributed by atoms with E-state index in [1.807, 2.05) is 31.2 Å². The molecule has 2 rings (SSSR count). The quantitative estimate of drug-likeness (QED) is 0.850. The average molecular weight is 309 g/mol. The predicted molar refractivity (Wildman–Crippen MR) is 75.0 cm³/mol. The van der Waals surface area contributed by atoms with Gasteiger partial charge in [0, 0.05) is 6.07 Å². The Balaban J connectivity index is 2.27. The van der Waals surface area contributed by atoms with Gasteiger partial charge in [0.2, 0.25) is 5.95 Å². The molecule has 1 aromatic carbocycles. The first-order valence-corrected chi connectivity index (χ1v) is 6.27. The van der Waals surface area contributed by atoms with Gasteiger partial charge in [0.15, 0.2) is 0 Å². The Bertz CT molecular complexity index is 527. The minimum absolute atomic E-state index is 0.397. The number of benzene rings is 1. The number of halogens is 1. The Morgan fingerprint density at radius 2 is 2.11 bits per heavy atom. The molecule has 0 aliphatic carbocycles. The van der Waals surface area contributed by atoms with Crippen LogP contribution in [0.25, 0.3) is 0 Å². The van der Waals surface area contributed by atoms with Crippen molar-refractivity contribution in [2.24, 2.45) is 0 Å². The summed E-state index contributed by atoms with van der Waals surface area (Å²) in [5.74, 6) is 1.57. The van der Waals surface area contributed by atoms with Gasteiger partial charge in [-0.3, -0.25) is 0 Å². The van der Waals surface area contributed by atoms with E-state index in [1.54, 1.807) is 6.07 Å². The molecule has 0 spiro atoms. The average Bonchev–Trinajstić information content (AvgIpc) is 2.30.